The van der Waals surface area contributed by atoms with Crippen LogP contribution < -0.4 is 19.1 Å². The largest absolute Gasteiger partial charge is 0.459 e. The van der Waals surface area contributed by atoms with Gasteiger partial charge in [0, 0.05) is 30.3 Å². The fraction of sp³-hybridized carbons (Fsp3) is 0.179. The zero-order chi connectivity index (χ0) is 25.0. The first kappa shape index (κ1) is 22.4. The molecular weight excluding hydrogens is 444 g/mol. The third kappa shape index (κ3) is 3.31. The molecule has 5 rings (SSSR count). The van der Waals surface area contributed by atoms with Gasteiger partial charge in [-0.1, -0.05) is 25.3 Å². The molecule has 0 amide bonds. The van der Waals surface area contributed by atoms with Gasteiger partial charge >= 0.3 is 11.9 Å². The predicted octanol–water partition coefficient (Wildman–Crippen LogP) is 5.24. The van der Waals surface area contributed by atoms with E-state index in [1.54, 1.807) is 18.2 Å². The first-order chi connectivity index (χ1) is 16.7. The molecule has 0 fully saturated rings. The lowest BCUT2D eigenvalue weighted by Crippen LogP contribution is -2.61. The summed E-state index contributed by atoms with van der Waals surface area (Å²) in [4.78, 5) is 30.3. The summed E-state index contributed by atoms with van der Waals surface area (Å²) in [5, 5.41) is 1.74. The van der Waals surface area contributed by atoms with E-state index in [9.17, 15) is 9.59 Å². The number of esters is 2. The number of ether oxygens (including phenoxy) is 3. The lowest BCUT2D eigenvalue weighted by Gasteiger charge is -2.45. The number of fused-ring (bicyclic) bond motifs is 4. The van der Waals surface area contributed by atoms with Crippen molar-refractivity contribution in [3.8, 4) is 17.2 Å². The van der Waals surface area contributed by atoms with Crippen molar-refractivity contribution in [1.29, 1.82) is 0 Å². The van der Waals surface area contributed by atoms with Crippen LogP contribution in [0.4, 0.5) is 11.4 Å². The minimum absolute atomic E-state index is 0.401. The Morgan fingerprint density at radius 1 is 0.971 bits per heavy atom. The van der Waals surface area contributed by atoms with E-state index in [0.717, 1.165) is 34.2 Å². The highest BCUT2D eigenvalue weighted by atomic mass is 16.5. The summed E-state index contributed by atoms with van der Waals surface area (Å²) in [5.74, 6) is 0.404. The number of aliphatic imine (C=N–C) groups is 1. The molecule has 2 aliphatic heterocycles. The van der Waals surface area contributed by atoms with Crippen LogP contribution in [-0.2, 0) is 15.0 Å². The Balaban J connectivity index is 1.57. The number of carbonyl (C=O) groups excluding carboxylic acids is 2. The van der Waals surface area contributed by atoms with E-state index >= 15 is 0 Å². The van der Waals surface area contributed by atoms with Crippen molar-refractivity contribution in [3.05, 3.63) is 79.4 Å². The molecule has 3 aromatic carbocycles. The molecular formula is C28H24N2O5. The molecule has 176 valence electrons. The zero-order valence-electron chi connectivity index (χ0n) is 19.7. The maximum absolute atomic E-state index is 11.7. The minimum Gasteiger partial charge on any atom is -0.459 e. The molecule has 0 aliphatic carbocycles. The van der Waals surface area contributed by atoms with E-state index < -0.39 is 23.1 Å². The Morgan fingerprint density at radius 3 is 2.29 bits per heavy atom. The molecule has 1 spiro atoms. The first-order valence-corrected chi connectivity index (χ1v) is 11.1. The van der Waals surface area contributed by atoms with Crippen LogP contribution in [0.3, 0.4) is 0 Å². The average Bonchev–Trinajstić information content (AvgIpc) is 3.01. The molecule has 35 heavy (non-hydrogen) atoms. The van der Waals surface area contributed by atoms with Crippen molar-refractivity contribution in [2.75, 3.05) is 11.9 Å². The Labute approximate surface area is 202 Å². The van der Waals surface area contributed by atoms with Gasteiger partial charge < -0.3 is 19.1 Å². The topological polar surface area (TPSA) is 77.4 Å². The Morgan fingerprint density at radius 2 is 1.60 bits per heavy atom. The zero-order valence-corrected chi connectivity index (χ0v) is 19.7. The van der Waals surface area contributed by atoms with Crippen molar-refractivity contribution < 1.29 is 23.8 Å². The van der Waals surface area contributed by atoms with Crippen LogP contribution >= 0.6 is 0 Å². The van der Waals surface area contributed by atoms with E-state index in [2.05, 4.69) is 27.0 Å². The quantitative estimate of drug-likeness (QED) is 0.296. The molecule has 0 saturated carbocycles. The second kappa shape index (κ2) is 7.84. The van der Waals surface area contributed by atoms with Crippen molar-refractivity contribution in [2.24, 2.45) is 4.99 Å². The van der Waals surface area contributed by atoms with Crippen LogP contribution in [0.5, 0.6) is 17.2 Å². The first-order valence-electron chi connectivity index (χ1n) is 11.1. The van der Waals surface area contributed by atoms with Crippen molar-refractivity contribution >= 4 is 40.3 Å². The van der Waals surface area contributed by atoms with Gasteiger partial charge in [0.25, 0.3) is 0 Å². The molecule has 2 heterocycles. The van der Waals surface area contributed by atoms with E-state index in [1.165, 1.54) is 0 Å². The maximum atomic E-state index is 11.7. The van der Waals surface area contributed by atoms with E-state index in [4.69, 9.17) is 19.2 Å². The lowest BCUT2D eigenvalue weighted by molar-refractivity contribution is -0.129. The predicted molar refractivity (Wildman–Crippen MR) is 135 cm³/mol. The van der Waals surface area contributed by atoms with E-state index in [0.29, 0.717) is 22.9 Å². The Bertz CT molecular complexity index is 1460. The highest BCUT2D eigenvalue weighted by molar-refractivity contribution is 6.01. The monoisotopic (exact) mass is 468 g/mol. The van der Waals surface area contributed by atoms with Gasteiger partial charge in [-0.25, -0.2) is 9.59 Å². The molecule has 7 heteroatoms. The van der Waals surface area contributed by atoms with Gasteiger partial charge in [0.15, 0.2) is 0 Å². The van der Waals surface area contributed by atoms with Crippen molar-refractivity contribution in [3.63, 3.8) is 0 Å². The number of anilines is 1. The second-order valence-electron chi connectivity index (χ2n) is 8.97. The Hall–Kier alpha value is -4.39. The van der Waals surface area contributed by atoms with Gasteiger partial charge in [-0.2, -0.15) is 0 Å². The second-order valence-corrected chi connectivity index (χ2v) is 8.97. The van der Waals surface area contributed by atoms with E-state index in [-0.39, 0.29) is 0 Å². The van der Waals surface area contributed by atoms with Crippen LogP contribution in [0.25, 0.3) is 10.8 Å². The van der Waals surface area contributed by atoms with Gasteiger partial charge in [0.2, 0.25) is 5.72 Å². The number of likely N-dealkylation sites (N-methyl/N-ethyl adjacent to an activating group) is 1. The normalized spacial score (nSPS) is 19.0. The smallest absolute Gasteiger partial charge is 0.335 e. The molecule has 1 unspecified atom stereocenters. The van der Waals surface area contributed by atoms with Gasteiger partial charge in [0.05, 0.1) is 11.6 Å². The number of carbonyl (C=O) groups is 2. The summed E-state index contributed by atoms with van der Waals surface area (Å²) in [6.07, 6.45) is 4.07. The Kier molecular flexibility index (Phi) is 5.02. The van der Waals surface area contributed by atoms with Gasteiger partial charge in [-0.15, -0.1) is 0 Å². The molecule has 0 aromatic heterocycles. The van der Waals surface area contributed by atoms with Crippen molar-refractivity contribution in [1.82, 2.24) is 0 Å². The summed E-state index contributed by atoms with van der Waals surface area (Å²) in [5.41, 5.74) is 1.10. The number of hydrogen-bond donors (Lipinski definition) is 0. The molecule has 0 N–H and O–H groups in total. The third-order valence-corrected chi connectivity index (χ3v) is 6.73. The summed E-state index contributed by atoms with van der Waals surface area (Å²) in [6, 6.07) is 14.7. The van der Waals surface area contributed by atoms with Crippen LogP contribution in [0.15, 0.2) is 78.8 Å². The lowest BCUT2D eigenvalue weighted by atomic mass is 9.77. The average molecular weight is 469 g/mol. The minimum atomic E-state index is -0.913. The molecule has 0 radical (unpaired) electrons. The number of benzene rings is 3. The van der Waals surface area contributed by atoms with Gasteiger partial charge in [-0.05, 0) is 61.2 Å². The van der Waals surface area contributed by atoms with Crippen LogP contribution in [-0.4, -0.2) is 30.9 Å². The number of rotatable bonds is 4. The molecule has 0 saturated heterocycles. The summed E-state index contributed by atoms with van der Waals surface area (Å²) in [6.45, 7) is 11.0. The summed E-state index contributed by atoms with van der Waals surface area (Å²) in [7, 11) is 1.95. The fourth-order valence-corrected chi connectivity index (χ4v) is 4.81. The van der Waals surface area contributed by atoms with E-state index in [1.807, 2.05) is 48.5 Å². The molecule has 0 bridgehead atoms. The van der Waals surface area contributed by atoms with Gasteiger partial charge in [0.1, 0.15) is 22.9 Å². The molecule has 3 aromatic rings. The van der Waals surface area contributed by atoms with Crippen LogP contribution in [0.2, 0.25) is 0 Å². The van der Waals surface area contributed by atoms with Crippen LogP contribution in [0, 0.1) is 0 Å². The highest BCUT2D eigenvalue weighted by Crippen LogP contribution is 2.55. The number of hydrogen-bond acceptors (Lipinski definition) is 7. The summed E-state index contributed by atoms with van der Waals surface area (Å²) < 4.78 is 17.4. The fourth-order valence-electron chi connectivity index (χ4n) is 4.81. The molecule has 7 nitrogen and oxygen atoms in total. The SMILES string of the molecule is C=CC(=O)Oc1ccc2c(c1)C(C)(C)C1(C=Nc3c(ccc4ccc(OC(=O)C=C)cc34)O1)N2C. The standard InChI is InChI=1S/C28H24N2O5/c1-6-24(31)33-18-10-8-17-9-13-23-26(20(17)14-18)29-16-28(35-23)27(3,4)21-15-19(34-25(32)7-2)11-12-22(21)30(28)5/h6-16H,1-2H2,3-5H3. The summed E-state index contributed by atoms with van der Waals surface area (Å²) >= 11 is 0. The van der Waals surface area contributed by atoms with Crippen molar-refractivity contribution in [2.45, 2.75) is 25.0 Å². The van der Waals surface area contributed by atoms with Crippen LogP contribution in [0.1, 0.15) is 19.4 Å². The molecule has 1 atom stereocenters. The third-order valence-electron chi connectivity index (χ3n) is 6.73. The highest BCUT2D eigenvalue weighted by Gasteiger charge is 2.58. The molecule has 2 aliphatic rings. The van der Waals surface area contributed by atoms with Gasteiger partial charge in [-0.3, -0.25) is 4.99 Å². The number of nitrogens with zero attached hydrogens (tertiary/aromatic N) is 2. The maximum Gasteiger partial charge on any atom is 0.335 e.